The van der Waals surface area contributed by atoms with Crippen LogP contribution in [0.25, 0.3) is 0 Å². The summed E-state index contributed by atoms with van der Waals surface area (Å²) in [5, 5.41) is 2.82. The first kappa shape index (κ1) is 24.2. The highest BCUT2D eigenvalue weighted by molar-refractivity contribution is 7.92. The third-order valence-electron chi connectivity index (χ3n) is 5.26. The Morgan fingerprint density at radius 1 is 1.13 bits per heavy atom. The van der Waals surface area contributed by atoms with Gasteiger partial charge >= 0.3 is 0 Å². The third-order valence-corrected chi connectivity index (χ3v) is 6.87. The molecule has 1 aliphatic rings. The van der Waals surface area contributed by atoms with E-state index in [2.05, 4.69) is 5.32 Å². The topological polar surface area (TPSA) is 92.8 Å². The van der Waals surface area contributed by atoms with Crippen molar-refractivity contribution >= 4 is 21.7 Å². The fourth-order valence-corrected chi connectivity index (χ4v) is 4.85. The number of likely N-dealkylation sites (tertiary alicyclic amines) is 1. The van der Waals surface area contributed by atoms with Gasteiger partial charge in [0.05, 0.1) is 11.8 Å². The highest BCUT2D eigenvalue weighted by Crippen LogP contribution is 2.27. The highest BCUT2D eigenvalue weighted by Gasteiger charge is 2.23. The molecular formula is C22H34N2O5S. The van der Waals surface area contributed by atoms with E-state index in [0.717, 1.165) is 44.3 Å². The van der Waals surface area contributed by atoms with Gasteiger partial charge in [-0.05, 0) is 31.7 Å². The minimum Gasteiger partial charge on any atom is -0.483 e. The van der Waals surface area contributed by atoms with Crippen molar-refractivity contribution in [3.05, 3.63) is 29.8 Å². The zero-order valence-electron chi connectivity index (χ0n) is 18.1. The first-order chi connectivity index (χ1) is 14.4. The molecule has 1 heterocycles. The molecule has 1 N–H and O–H groups in total. The van der Waals surface area contributed by atoms with Gasteiger partial charge in [-0.1, -0.05) is 44.9 Å². The van der Waals surface area contributed by atoms with Crippen molar-refractivity contribution < 1.29 is 22.7 Å². The smallest absolute Gasteiger partial charge is 0.260 e. The Kier molecular flexibility index (Phi) is 9.62. The summed E-state index contributed by atoms with van der Waals surface area (Å²) < 4.78 is 30.1. The van der Waals surface area contributed by atoms with Crippen LogP contribution in [0.4, 0.5) is 0 Å². The summed E-state index contributed by atoms with van der Waals surface area (Å²) in [7, 11) is -3.42. The third kappa shape index (κ3) is 7.63. The van der Waals surface area contributed by atoms with E-state index in [1.54, 1.807) is 11.0 Å². The second-order valence-corrected chi connectivity index (χ2v) is 9.93. The lowest BCUT2D eigenvalue weighted by atomic mass is 10.0. The van der Waals surface area contributed by atoms with E-state index in [1.807, 2.05) is 32.0 Å². The number of para-hydroxylation sites is 1. The number of nitrogens with one attached hydrogen (secondary N) is 1. The second kappa shape index (κ2) is 11.9. The van der Waals surface area contributed by atoms with Crippen LogP contribution in [0.2, 0.25) is 0 Å². The zero-order valence-corrected chi connectivity index (χ0v) is 18.9. The van der Waals surface area contributed by atoms with Gasteiger partial charge in [0.1, 0.15) is 11.5 Å². The number of carbonyl (C=O) groups excluding carboxylic acids is 2. The number of hydrogen-bond acceptors (Lipinski definition) is 5. The Hall–Kier alpha value is -2.09. The minimum atomic E-state index is -3.42. The van der Waals surface area contributed by atoms with Crippen LogP contribution in [-0.2, 0) is 19.4 Å². The van der Waals surface area contributed by atoms with Crippen molar-refractivity contribution in [1.82, 2.24) is 10.2 Å². The minimum absolute atomic E-state index is 0.0311. The standard InChI is InChI=1S/C22H34N2O5S/c1-3-5-10-15-30(27,28)17-21(25)23-19(4-2)18-11-6-7-12-20(18)29-16-22(26)24-13-8-9-14-24/h6-7,11-12,19H,3-5,8-10,13-17H2,1-2H3,(H,23,25). The SMILES string of the molecule is CCCCCS(=O)(=O)CC(=O)NC(CC)c1ccccc1OCC(=O)N1CCCC1. The van der Waals surface area contributed by atoms with Gasteiger partial charge in [-0.2, -0.15) is 0 Å². The second-order valence-electron chi connectivity index (χ2n) is 7.74. The zero-order chi connectivity index (χ0) is 22.0. The van der Waals surface area contributed by atoms with Gasteiger partial charge in [0.15, 0.2) is 16.4 Å². The van der Waals surface area contributed by atoms with E-state index < -0.39 is 21.5 Å². The molecule has 1 fully saturated rings. The molecule has 1 unspecified atom stereocenters. The molecule has 0 aliphatic carbocycles. The van der Waals surface area contributed by atoms with Gasteiger partial charge in [0.2, 0.25) is 5.91 Å². The number of carbonyl (C=O) groups is 2. The van der Waals surface area contributed by atoms with E-state index in [4.69, 9.17) is 4.74 Å². The van der Waals surface area contributed by atoms with Gasteiger partial charge < -0.3 is 15.0 Å². The van der Waals surface area contributed by atoms with E-state index in [9.17, 15) is 18.0 Å². The fraction of sp³-hybridized carbons (Fsp3) is 0.636. The largest absolute Gasteiger partial charge is 0.483 e. The molecule has 1 aliphatic heterocycles. The number of sulfone groups is 1. The Balaban J connectivity index is 1.98. The normalized spacial score (nSPS) is 15.1. The molecule has 168 valence electrons. The van der Waals surface area contributed by atoms with E-state index in [0.29, 0.717) is 18.6 Å². The van der Waals surface area contributed by atoms with E-state index in [1.165, 1.54) is 0 Å². The van der Waals surface area contributed by atoms with Crippen LogP contribution in [0.15, 0.2) is 24.3 Å². The maximum Gasteiger partial charge on any atom is 0.260 e. The summed E-state index contributed by atoms with van der Waals surface area (Å²) in [6.07, 6.45) is 4.95. The molecule has 0 radical (unpaired) electrons. The van der Waals surface area contributed by atoms with Crippen molar-refractivity contribution in [3.8, 4) is 5.75 Å². The van der Waals surface area contributed by atoms with Crippen LogP contribution in [-0.4, -0.2) is 56.3 Å². The molecule has 1 aromatic rings. The molecule has 7 nitrogen and oxygen atoms in total. The molecule has 0 aromatic heterocycles. The summed E-state index contributed by atoms with van der Waals surface area (Å²) in [6, 6.07) is 6.86. The fourth-order valence-electron chi connectivity index (χ4n) is 3.58. The van der Waals surface area contributed by atoms with Crippen LogP contribution >= 0.6 is 0 Å². The number of unbranched alkanes of at least 4 members (excludes halogenated alkanes) is 2. The van der Waals surface area contributed by atoms with Gasteiger partial charge in [-0.15, -0.1) is 0 Å². The molecule has 0 saturated carbocycles. The predicted molar refractivity (Wildman–Crippen MR) is 117 cm³/mol. The van der Waals surface area contributed by atoms with Crippen molar-refractivity contribution in [2.75, 3.05) is 31.2 Å². The summed E-state index contributed by atoms with van der Waals surface area (Å²) in [4.78, 5) is 26.5. The van der Waals surface area contributed by atoms with E-state index in [-0.39, 0.29) is 24.3 Å². The lowest BCUT2D eigenvalue weighted by molar-refractivity contribution is -0.132. The van der Waals surface area contributed by atoms with Crippen molar-refractivity contribution in [1.29, 1.82) is 0 Å². The van der Waals surface area contributed by atoms with Crippen molar-refractivity contribution in [2.45, 2.75) is 58.4 Å². The Bertz CT molecular complexity index is 804. The molecule has 2 rings (SSSR count). The molecule has 1 saturated heterocycles. The number of amides is 2. The lowest BCUT2D eigenvalue weighted by Crippen LogP contribution is -2.35. The monoisotopic (exact) mass is 438 g/mol. The van der Waals surface area contributed by atoms with Gasteiger partial charge in [-0.3, -0.25) is 9.59 Å². The maximum absolute atomic E-state index is 12.4. The van der Waals surface area contributed by atoms with Crippen LogP contribution in [0, 0.1) is 0 Å². The molecule has 0 bridgehead atoms. The maximum atomic E-state index is 12.4. The lowest BCUT2D eigenvalue weighted by Gasteiger charge is -2.21. The number of nitrogens with zero attached hydrogens (tertiary/aromatic N) is 1. The van der Waals surface area contributed by atoms with Crippen LogP contribution in [0.1, 0.15) is 64.0 Å². The van der Waals surface area contributed by atoms with E-state index >= 15 is 0 Å². The number of rotatable bonds is 12. The van der Waals surface area contributed by atoms with Gasteiger partial charge in [-0.25, -0.2) is 8.42 Å². The quantitative estimate of drug-likeness (QED) is 0.507. The predicted octanol–water partition coefficient (Wildman–Crippen LogP) is 2.86. The van der Waals surface area contributed by atoms with Gasteiger partial charge in [0, 0.05) is 18.7 Å². The molecule has 1 atom stereocenters. The molecule has 30 heavy (non-hydrogen) atoms. The first-order valence-electron chi connectivity index (χ1n) is 10.9. The average Bonchev–Trinajstić information content (AvgIpc) is 3.25. The first-order valence-corrected chi connectivity index (χ1v) is 12.7. The molecular weight excluding hydrogens is 404 g/mol. The van der Waals surface area contributed by atoms with Crippen molar-refractivity contribution in [3.63, 3.8) is 0 Å². The van der Waals surface area contributed by atoms with Crippen molar-refractivity contribution in [2.24, 2.45) is 0 Å². The van der Waals surface area contributed by atoms with Gasteiger partial charge in [0.25, 0.3) is 5.91 Å². The molecule has 8 heteroatoms. The number of ether oxygens (including phenoxy) is 1. The summed E-state index contributed by atoms with van der Waals surface area (Å²) >= 11 is 0. The van der Waals surface area contributed by atoms with Crippen LogP contribution in [0.3, 0.4) is 0 Å². The number of benzene rings is 1. The molecule has 2 amide bonds. The Morgan fingerprint density at radius 2 is 1.83 bits per heavy atom. The summed E-state index contributed by atoms with van der Waals surface area (Å²) in [5.41, 5.74) is 0.742. The summed E-state index contributed by atoms with van der Waals surface area (Å²) in [6.45, 7) is 5.40. The number of hydrogen-bond donors (Lipinski definition) is 1. The molecule has 0 spiro atoms. The Labute approximate surface area is 180 Å². The highest BCUT2D eigenvalue weighted by atomic mass is 32.2. The average molecular weight is 439 g/mol. The molecule has 1 aromatic carbocycles. The Morgan fingerprint density at radius 3 is 2.50 bits per heavy atom. The van der Waals surface area contributed by atoms with Crippen LogP contribution in [0.5, 0.6) is 5.75 Å². The van der Waals surface area contributed by atoms with Crippen LogP contribution < -0.4 is 10.1 Å². The summed E-state index contributed by atoms with van der Waals surface area (Å²) in [5.74, 6) is -0.505.